The molecule has 0 atom stereocenters. The monoisotopic (exact) mass is 416 g/mol. The minimum Gasteiger partial charge on any atom is -0.266 e. The zero-order valence-corrected chi connectivity index (χ0v) is 18.3. The summed E-state index contributed by atoms with van der Waals surface area (Å²) < 4.78 is 1.88. The predicted molar refractivity (Wildman–Crippen MR) is 124 cm³/mol. The number of carbonyl (C=O) groups excluding carboxylic acids is 1. The number of nitrogens with zero attached hydrogens (tertiary/aromatic N) is 3. The van der Waals surface area contributed by atoms with Gasteiger partial charge in [0, 0.05) is 5.39 Å². The Bertz CT molecular complexity index is 1210. The summed E-state index contributed by atoms with van der Waals surface area (Å²) in [5, 5.41) is 9.72. The zero-order chi connectivity index (χ0) is 21.3. The van der Waals surface area contributed by atoms with E-state index in [1.165, 1.54) is 16.9 Å². The van der Waals surface area contributed by atoms with Gasteiger partial charge >= 0.3 is 0 Å². The number of hydrazone groups is 1. The molecule has 6 heteroatoms. The highest BCUT2D eigenvalue weighted by Gasteiger charge is 2.17. The van der Waals surface area contributed by atoms with Crippen molar-refractivity contribution < 1.29 is 4.79 Å². The number of aryl methyl sites for hydroxylation is 1. The van der Waals surface area contributed by atoms with Crippen molar-refractivity contribution in [2.45, 2.75) is 33.1 Å². The summed E-state index contributed by atoms with van der Waals surface area (Å²) in [4.78, 5) is 14.2. The van der Waals surface area contributed by atoms with Crippen LogP contribution in [0.15, 0.2) is 65.8 Å². The lowest BCUT2D eigenvalue weighted by atomic mass is 9.87. The van der Waals surface area contributed by atoms with Gasteiger partial charge in [-0.2, -0.15) is 10.2 Å². The first kappa shape index (κ1) is 20.0. The highest BCUT2D eigenvalue weighted by atomic mass is 32.1. The van der Waals surface area contributed by atoms with Crippen molar-refractivity contribution >= 4 is 33.7 Å². The number of aromatic nitrogens is 2. The molecule has 5 nitrogen and oxygen atoms in total. The average Bonchev–Trinajstić information content (AvgIpc) is 3.29. The maximum Gasteiger partial charge on any atom is 0.281 e. The van der Waals surface area contributed by atoms with Crippen molar-refractivity contribution in [3.05, 3.63) is 82.4 Å². The quantitative estimate of drug-likeness (QED) is 0.355. The summed E-state index contributed by atoms with van der Waals surface area (Å²) in [5.74, 6) is -0.224. The SMILES string of the molecule is Cc1nn(-c2ccccc2)c2sc(C(=O)N/N=C\c3ccc(C(C)(C)C)cc3)cc12. The largest absolute Gasteiger partial charge is 0.281 e. The number of thiophene rings is 1. The molecule has 2 aromatic carbocycles. The highest BCUT2D eigenvalue weighted by Crippen LogP contribution is 2.30. The first-order valence-corrected chi connectivity index (χ1v) is 10.6. The number of hydrogen-bond acceptors (Lipinski definition) is 4. The fourth-order valence-electron chi connectivity index (χ4n) is 3.19. The molecule has 0 aliphatic heterocycles. The number of nitrogens with one attached hydrogen (secondary N) is 1. The number of para-hydroxylation sites is 1. The maximum absolute atomic E-state index is 12.6. The molecule has 0 aliphatic rings. The number of benzene rings is 2. The standard InChI is InChI=1S/C24H24N4OS/c1-16-20-14-21(30-23(20)28(27-16)19-8-6-5-7-9-19)22(29)26-25-15-17-10-12-18(13-11-17)24(2,3)4/h5-15H,1-4H3,(H,26,29)/b25-15-. The average molecular weight is 417 g/mol. The Kier molecular flexibility index (Phi) is 5.26. The lowest BCUT2D eigenvalue weighted by Gasteiger charge is -2.18. The van der Waals surface area contributed by atoms with E-state index in [9.17, 15) is 4.79 Å². The van der Waals surface area contributed by atoms with E-state index in [0.717, 1.165) is 27.2 Å². The van der Waals surface area contributed by atoms with Gasteiger partial charge in [-0.3, -0.25) is 4.79 Å². The first-order chi connectivity index (χ1) is 14.3. The molecule has 0 aliphatic carbocycles. The van der Waals surface area contributed by atoms with Gasteiger partial charge in [0.15, 0.2) is 0 Å². The molecule has 0 spiro atoms. The van der Waals surface area contributed by atoms with Crippen molar-refractivity contribution in [1.29, 1.82) is 0 Å². The van der Waals surface area contributed by atoms with Gasteiger partial charge in [0.05, 0.1) is 22.5 Å². The van der Waals surface area contributed by atoms with Crippen LogP contribution in [-0.2, 0) is 5.41 Å². The Balaban J connectivity index is 1.51. The molecule has 1 N–H and O–H groups in total. The number of amides is 1. The second kappa shape index (κ2) is 7.88. The molecule has 0 fully saturated rings. The highest BCUT2D eigenvalue weighted by molar-refractivity contribution is 7.20. The Morgan fingerprint density at radius 1 is 1.10 bits per heavy atom. The van der Waals surface area contributed by atoms with Gasteiger partial charge in [-0.15, -0.1) is 11.3 Å². The molecule has 152 valence electrons. The van der Waals surface area contributed by atoms with Crippen LogP contribution in [0.5, 0.6) is 0 Å². The van der Waals surface area contributed by atoms with Crippen molar-refractivity contribution in [3.63, 3.8) is 0 Å². The van der Waals surface area contributed by atoms with Gasteiger partial charge in [0.25, 0.3) is 5.91 Å². The minimum atomic E-state index is -0.224. The number of fused-ring (bicyclic) bond motifs is 1. The third-order valence-corrected chi connectivity index (χ3v) is 6.03. The van der Waals surface area contributed by atoms with Crippen molar-refractivity contribution in [2.75, 3.05) is 0 Å². The van der Waals surface area contributed by atoms with E-state index in [2.05, 4.69) is 48.5 Å². The Hall–Kier alpha value is -3.25. The molecule has 4 rings (SSSR count). The number of carbonyl (C=O) groups is 1. The lowest BCUT2D eigenvalue weighted by Crippen LogP contribution is -2.16. The minimum absolute atomic E-state index is 0.110. The van der Waals surface area contributed by atoms with Crippen LogP contribution in [-0.4, -0.2) is 21.9 Å². The van der Waals surface area contributed by atoms with Crippen LogP contribution in [0.2, 0.25) is 0 Å². The lowest BCUT2D eigenvalue weighted by molar-refractivity contribution is 0.0959. The second-order valence-electron chi connectivity index (χ2n) is 8.23. The molecule has 30 heavy (non-hydrogen) atoms. The van der Waals surface area contributed by atoms with Gasteiger partial charge < -0.3 is 0 Å². The Labute approximate surface area is 180 Å². The maximum atomic E-state index is 12.6. The second-order valence-corrected chi connectivity index (χ2v) is 9.26. The van der Waals surface area contributed by atoms with E-state index in [0.29, 0.717) is 4.88 Å². The van der Waals surface area contributed by atoms with Gasteiger partial charge in [-0.25, -0.2) is 10.1 Å². The third kappa shape index (κ3) is 4.04. The molecular formula is C24H24N4OS. The number of rotatable bonds is 4. The van der Waals surface area contributed by atoms with Crippen LogP contribution in [0.25, 0.3) is 15.9 Å². The van der Waals surface area contributed by atoms with Crippen LogP contribution in [0.3, 0.4) is 0 Å². The molecule has 4 aromatic rings. The summed E-state index contributed by atoms with van der Waals surface area (Å²) in [5.41, 5.74) is 6.81. The van der Waals surface area contributed by atoms with E-state index in [-0.39, 0.29) is 11.3 Å². The molecule has 2 heterocycles. The molecule has 0 radical (unpaired) electrons. The van der Waals surface area contributed by atoms with E-state index >= 15 is 0 Å². The van der Waals surface area contributed by atoms with Crippen molar-refractivity contribution in [1.82, 2.24) is 15.2 Å². The Morgan fingerprint density at radius 3 is 2.47 bits per heavy atom. The molecule has 0 unspecified atom stereocenters. The van der Waals surface area contributed by atoms with Crippen molar-refractivity contribution in [2.24, 2.45) is 5.10 Å². The van der Waals surface area contributed by atoms with E-state index in [4.69, 9.17) is 0 Å². The summed E-state index contributed by atoms with van der Waals surface area (Å²) in [7, 11) is 0. The summed E-state index contributed by atoms with van der Waals surface area (Å²) >= 11 is 1.41. The van der Waals surface area contributed by atoms with Gasteiger partial charge in [-0.05, 0) is 41.7 Å². The molecule has 1 amide bonds. The van der Waals surface area contributed by atoms with Crippen molar-refractivity contribution in [3.8, 4) is 5.69 Å². The summed E-state index contributed by atoms with van der Waals surface area (Å²) in [6.45, 7) is 8.50. The molecule has 2 aromatic heterocycles. The fourth-order valence-corrected chi connectivity index (χ4v) is 4.27. The van der Waals surface area contributed by atoms with Gasteiger partial charge in [0.1, 0.15) is 4.83 Å². The van der Waals surface area contributed by atoms with Gasteiger partial charge in [-0.1, -0.05) is 63.2 Å². The van der Waals surface area contributed by atoms with Crippen LogP contribution >= 0.6 is 11.3 Å². The van der Waals surface area contributed by atoms with Crippen LogP contribution in [0, 0.1) is 6.92 Å². The van der Waals surface area contributed by atoms with Crippen LogP contribution < -0.4 is 5.43 Å². The van der Waals surface area contributed by atoms with E-state index in [1.54, 1.807) is 6.21 Å². The molecular weight excluding hydrogens is 392 g/mol. The first-order valence-electron chi connectivity index (χ1n) is 9.81. The molecule has 0 saturated carbocycles. The summed E-state index contributed by atoms with van der Waals surface area (Å²) in [6.07, 6.45) is 1.66. The van der Waals surface area contributed by atoms with E-state index in [1.807, 2.05) is 60.1 Å². The topological polar surface area (TPSA) is 59.3 Å². The fraction of sp³-hybridized carbons (Fsp3) is 0.208. The third-order valence-electron chi connectivity index (χ3n) is 4.93. The predicted octanol–water partition coefficient (Wildman–Crippen LogP) is 5.46. The summed E-state index contributed by atoms with van der Waals surface area (Å²) in [6, 6.07) is 20.0. The number of hydrogen-bond donors (Lipinski definition) is 1. The normalized spacial score (nSPS) is 12.0. The Morgan fingerprint density at radius 2 is 1.80 bits per heavy atom. The van der Waals surface area contributed by atoms with Gasteiger partial charge in [0.2, 0.25) is 0 Å². The van der Waals surface area contributed by atoms with E-state index < -0.39 is 0 Å². The smallest absolute Gasteiger partial charge is 0.266 e. The molecule has 0 bridgehead atoms. The molecule has 0 saturated heterocycles. The van der Waals surface area contributed by atoms with Crippen LogP contribution in [0.1, 0.15) is 47.3 Å². The zero-order valence-electron chi connectivity index (χ0n) is 17.5. The van der Waals surface area contributed by atoms with Crippen LogP contribution in [0.4, 0.5) is 0 Å².